The lowest BCUT2D eigenvalue weighted by atomic mass is 10.1. The van der Waals surface area contributed by atoms with Crippen molar-refractivity contribution < 1.29 is 4.39 Å². The van der Waals surface area contributed by atoms with Crippen molar-refractivity contribution in [2.24, 2.45) is 0 Å². The first kappa shape index (κ1) is 15.4. The Balaban J connectivity index is 2.34. The van der Waals surface area contributed by atoms with Crippen molar-refractivity contribution in [3.8, 4) is 0 Å². The number of anilines is 1. The van der Waals surface area contributed by atoms with Gasteiger partial charge in [-0.3, -0.25) is 0 Å². The summed E-state index contributed by atoms with van der Waals surface area (Å²) in [4.78, 5) is 6.52. The SMILES string of the molecule is CNCc1cc(F)cnc1N(Cc1ccccc1)C(C)C. The van der Waals surface area contributed by atoms with Crippen LogP contribution in [0.25, 0.3) is 0 Å². The highest BCUT2D eigenvalue weighted by atomic mass is 19.1. The van der Waals surface area contributed by atoms with Crippen molar-refractivity contribution in [3.05, 3.63) is 59.5 Å². The maximum absolute atomic E-state index is 13.5. The number of hydrogen-bond donors (Lipinski definition) is 1. The molecule has 0 amide bonds. The van der Waals surface area contributed by atoms with Gasteiger partial charge in [-0.2, -0.15) is 0 Å². The van der Waals surface area contributed by atoms with Crippen molar-refractivity contribution >= 4 is 5.82 Å². The number of benzene rings is 1. The molecule has 1 heterocycles. The van der Waals surface area contributed by atoms with Gasteiger partial charge in [-0.25, -0.2) is 9.37 Å². The quantitative estimate of drug-likeness (QED) is 0.883. The van der Waals surface area contributed by atoms with Gasteiger partial charge in [0.1, 0.15) is 11.6 Å². The summed E-state index contributed by atoms with van der Waals surface area (Å²) in [6.45, 7) is 5.60. The van der Waals surface area contributed by atoms with Crippen LogP contribution in [0.3, 0.4) is 0 Å². The lowest BCUT2D eigenvalue weighted by Gasteiger charge is -2.30. The highest BCUT2D eigenvalue weighted by molar-refractivity contribution is 5.48. The van der Waals surface area contributed by atoms with Gasteiger partial charge in [0.05, 0.1) is 6.20 Å². The molecule has 112 valence electrons. The van der Waals surface area contributed by atoms with E-state index in [1.54, 1.807) is 6.07 Å². The van der Waals surface area contributed by atoms with Crippen molar-refractivity contribution in [3.63, 3.8) is 0 Å². The lowest BCUT2D eigenvalue weighted by molar-refractivity contribution is 0.608. The molecular weight excluding hydrogens is 265 g/mol. The third-order valence-corrected chi connectivity index (χ3v) is 3.37. The summed E-state index contributed by atoms with van der Waals surface area (Å²) >= 11 is 0. The fourth-order valence-corrected chi connectivity index (χ4v) is 2.34. The van der Waals surface area contributed by atoms with E-state index >= 15 is 0 Å². The Hall–Kier alpha value is -1.94. The molecule has 0 aliphatic rings. The Kier molecular flexibility index (Phi) is 5.28. The van der Waals surface area contributed by atoms with Gasteiger partial charge < -0.3 is 10.2 Å². The van der Waals surface area contributed by atoms with Crippen LogP contribution in [0.5, 0.6) is 0 Å². The normalized spacial score (nSPS) is 10.9. The zero-order chi connectivity index (χ0) is 15.2. The van der Waals surface area contributed by atoms with E-state index < -0.39 is 0 Å². The molecule has 4 heteroatoms. The Labute approximate surface area is 125 Å². The van der Waals surface area contributed by atoms with Gasteiger partial charge in [-0.1, -0.05) is 30.3 Å². The molecule has 3 nitrogen and oxygen atoms in total. The van der Waals surface area contributed by atoms with Crippen LogP contribution in [0.15, 0.2) is 42.6 Å². The van der Waals surface area contributed by atoms with Crippen molar-refractivity contribution in [1.29, 1.82) is 0 Å². The summed E-state index contributed by atoms with van der Waals surface area (Å²) in [5, 5.41) is 3.08. The number of nitrogens with one attached hydrogen (secondary N) is 1. The molecule has 0 atom stereocenters. The van der Waals surface area contributed by atoms with E-state index in [9.17, 15) is 4.39 Å². The molecular formula is C17H22FN3. The topological polar surface area (TPSA) is 28.2 Å². The maximum Gasteiger partial charge on any atom is 0.141 e. The molecule has 0 aliphatic heterocycles. The van der Waals surface area contributed by atoms with Crippen molar-refractivity contribution in [1.82, 2.24) is 10.3 Å². The predicted molar refractivity (Wildman–Crippen MR) is 84.7 cm³/mol. The van der Waals surface area contributed by atoms with E-state index in [0.717, 1.165) is 17.9 Å². The molecule has 1 aromatic carbocycles. The maximum atomic E-state index is 13.5. The van der Waals surface area contributed by atoms with E-state index in [1.807, 2.05) is 25.2 Å². The monoisotopic (exact) mass is 287 g/mol. The molecule has 21 heavy (non-hydrogen) atoms. The second-order valence-electron chi connectivity index (χ2n) is 5.37. The van der Waals surface area contributed by atoms with Gasteiger partial charge in [0.2, 0.25) is 0 Å². The summed E-state index contributed by atoms with van der Waals surface area (Å²) < 4.78 is 13.5. The number of aromatic nitrogens is 1. The van der Waals surface area contributed by atoms with Crippen LogP contribution in [-0.4, -0.2) is 18.1 Å². The van der Waals surface area contributed by atoms with Gasteiger partial charge in [-0.05, 0) is 32.5 Å². The second-order valence-corrected chi connectivity index (χ2v) is 5.37. The first-order chi connectivity index (χ1) is 10.1. The molecule has 0 radical (unpaired) electrons. The molecule has 0 saturated carbocycles. The molecule has 0 spiro atoms. The fraction of sp³-hybridized carbons (Fsp3) is 0.353. The van der Waals surface area contributed by atoms with Gasteiger partial charge >= 0.3 is 0 Å². The minimum Gasteiger partial charge on any atom is -0.350 e. The minimum absolute atomic E-state index is 0.277. The smallest absolute Gasteiger partial charge is 0.141 e. The van der Waals surface area contributed by atoms with Crippen LogP contribution in [0.1, 0.15) is 25.0 Å². The Morgan fingerprint density at radius 3 is 2.57 bits per heavy atom. The third-order valence-electron chi connectivity index (χ3n) is 3.37. The molecule has 2 rings (SSSR count). The van der Waals surface area contributed by atoms with Crippen LogP contribution >= 0.6 is 0 Å². The van der Waals surface area contributed by atoms with E-state index in [1.165, 1.54) is 11.8 Å². The van der Waals surface area contributed by atoms with Gasteiger partial charge in [0.25, 0.3) is 0 Å². The van der Waals surface area contributed by atoms with E-state index in [4.69, 9.17) is 0 Å². The first-order valence-corrected chi connectivity index (χ1v) is 7.21. The molecule has 0 saturated heterocycles. The van der Waals surface area contributed by atoms with Crippen LogP contribution in [0.2, 0.25) is 0 Å². The van der Waals surface area contributed by atoms with Gasteiger partial charge in [-0.15, -0.1) is 0 Å². The average molecular weight is 287 g/mol. The second kappa shape index (κ2) is 7.18. The van der Waals surface area contributed by atoms with E-state index in [2.05, 4.69) is 41.2 Å². The fourth-order valence-electron chi connectivity index (χ4n) is 2.34. The standard InChI is InChI=1S/C17H22FN3/c1-13(2)21(12-14-7-5-4-6-8-14)17-15(10-19-3)9-16(18)11-20-17/h4-9,11,13,19H,10,12H2,1-3H3. The number of nitrogens with zero attached hydrogens (tertiary/aromatic N) is 2. The Morgan fingerprint density at radius 1 is 1.24 bits per heavy atom. The summed E-state index contributed by atoms with van der Waals surface area (Å²) in [7, 11) is 1.85. The Morgan fingerprint density at radius 2 is 1.95 bits per heavy atom. The largest absolute Gasteiger partial charge is 0.350 e. The van der Waals surface area contributed by atoms with E-state index in [-0.39, 0.29) is 11.9 Å². The number of hydrogen-bond acceptors (Lipinski definition) is 3. The van der Waals surface area contributed by atoms with Crippen LogP contribution < -0.4 is 10.2 Å². The highest BCUT2D eigenvalue weighted by Crippen LogP contribution is 2.23. The van der Waals surface area contributed by atoms with E-state index in [0.29, 0.717) is 6.54 Å². The van der Waals surface area contributed by atoms with Crippen LogP contribution in [0.4, 0.5) is 10.2 Å². The summed E-state index contributed by atoms with van der Waals surface area (Å²) in [6, 6.07) is 12.1. The number of halogens is 1. The van der Waals surface area contributed by atoms with Gasteiger partial charge in [0, 0.05) is 24.7 Å². The zero-order valence-electron chi connectivity index (χ0n) is 12.8. The average Bonchev–Trinajstić information content (AvgIpc) is 2.47. The highest BCUT2D eigenvalue weighted by Gasteiger charge is 2.17. The zero-order valence-corrected chi connectivity index (χ0v) is 12.8. The number of pyridine rings is 1. The summed E-state index contributed by atoms with van der Waals surface area (Å²) in [5.74, 6) is 0.539. The summed E-state index contributed by atoms with van der Waals surface area (Å²) in [6.07, 6.45) is 1.29. The van der Waals surface area contributed by atoms with Crippen LogP contribution in [0, 0.1) is 5.82 Å². The molecule has 0 aliphatic carbocycles. The predicted octanol–water partition coefficient (Wildman–Crippen LogP) is 3.36. The van der Waals surface area contributed by atoms with Crippen molar-refractivity contribution in [2.75, 3.05) is 11.9 Å². The molecule has 1 N–H and O–H groups in total. The molecule has 0 bridgehead atoms. The van der Waals surface area contributed by atoms with Crippen molar-refractivity contribution in [2.45, 2.75) is 33.0 Å². The first-order valence-electron chi connectivity index (χ1n) is 7.21. The molecule has 0 unspecified atom stereocenters. The molecule has 1 aromatic heterocycles. The Bertz CT molecular complexity index is 570. The molecule has 2 aromatic rings. The third kappa shape index (κ3) is 4.02. The lowest BCUT2D eigenvalue weighted by Crippen LogP contribution is -2.32. The minimum atomic E-state index is -0.299. The molecule has 0 fully saturated rings. The number of rotatable bonds is 6. The van der Waals surface area contributed by atoms with Crippen LogP contribution in [-0.2, 0) is 13.1 Å². The van der Waals surface area contributed by atoms with Gasteiger partial charge in [0.15, 0.2) is 0 Å². The summed E-state index contributed by atoms with van der Waals surface area (Å²) in [5.41, 5.74) is 2.09.